The fourth-order valence-electron chi connectivity index (χ4n) is 0.554. The van der Waals surface area contributed by atoms with Crippen molar-refractivity contribution in [1.29, 1.82) is 0 Å². The third-order valence-electron chi connectivity index (χ3n) is 1.01. The van der Waals surface area contributed by atoms with Gasteiger partial charge in [-0.2, -0.15) is 0 Å². The molecule has 0 saturated heterocycles. The van der Waals surface area contributed by atoms with Crippen molar-refractivity contribution >= 4 is 32.1 Å². The number of primary amides is 1. The van der Waals surface area contributed by atoms with Crippen LogP contribution in [0.5, 0.6) is 0 Å². The summed E-state index contributed by atoms with van der Waals surface area (Å²) in [5, 5.41) is 9.26. The second-order valence-electron chi connectivity index (χ2n) is 2.27. The first-order chi connectivity index (χ1) is 7.54. The van der Waals surface area contributed by atoms with Gasteiger partial charge in [0.1, 0.15) is 0 Å². The minimum atomic E-state index is -5.12. The van der Waals surface area contributed by atoms with E-state index < -0.39 is 37.0 Å². The molecule has 96 valence electrons. The van der Waals surface area contributed by atoms with Crippen LogP contribution in [0, 0.1) is 0 Å². The number of imide groups is 3. The molecule has 0 atom stereocenters. The molecular formula is C4H6N3O9P. The van der Waals surface area contributed by atoms with Gasteiger partial charge in [-0.25, -0.2) is 28.8 Å². The fourth-order valence-corrected chi connectivity index (χ4v) is 0.903. The first kappa shape index (κ1) is 14.8. The minimum Gasteiger partial charge on any atom is -0.464 e. The van der Waals surface area contributed by atoms with Crippen LogP contribution in [0.1, 0.15) is 0 Å². The molecule has 0 aromatic rings. The molecule has 13 heteroatoms. The number of nitrogens with two attached hydrogens (primary N) is 1. The predicted molar refractivity (Wildman–Crippen MR) is 46.5 cm³/mol. The van der Waals surface area contributed by atoms with Crippen molar-refractivity contribution in [2.45, 2.75) is 0 Å². The molecule has 12 nitrogen and oxygen atoms in total. The molecular weight excluding hydrogens is 265 g/mol. The average Bonchev–Trinajstić information content (AvgIpc) is 1.96. The van der Waals surface area contributed by atoms with E-state index in [0.717, 1.165) is 5.09 Å². The Bertz CT molecular complexity index is 412. The van der Waals surface area contributed by atoms with Gasteiger partial charge in [0, 0.05) is 0 Å². The number of nitrogens with zero attached hydrogens (tertiary/aromatic N) is 1. The van der Waals surface area contributed by atoms with E-state index in [2.05, 4.69) is 10.5 Å². The van der Waals surface area contributed by atoms with Gasteiger partial charge >= 0.3 is 32.1 Å². The maximum atomic E-state index is 10.9. The molecule has 0 aliphatic rings. The van der Waals surface area contributed by atoms with Crippen LogP contribution in [0.2, 0.25) is 0 Å². The van der Waals surface area contributed by atoms with Gasteiger partial charge in [0.2, 0.25) is 0 Å². The largest absolute Gasteiger partial charge is 0.464 e. The average molecular weight is 271 g/mol. The number of carboxylic acid groups (broad SMARTS) is 1. The standard InChI is InChI=1S/C4H6N3O9P/c5-1(8)16-4(12)7(3(10)11)2(9)6-17(13,14)15/h(H2,5,8)(H,10,11)(H3,6,9,13,14,15). The Balaban J connectivity index is 4.93. The molecule has 0 fully saturated rings. The van der Waals surface area contributed by atoms with E-state index in [9.17, 15) is 23.7 Å². The van der Waals surface area contributed by atoms with Crippen molar-refractivity contribution in [2.24, 2.45) is 5.73 Å². The third kappa shape index (κ3) is 5.46. The summed E-state index contributed by atoms with van der Waals surface area (Å²) in [6.07, 6.45) is -5.97. The molecule has 0 spiro atoms. The number of amides is 5. The van der Waals surface area contributed by atoms with E-state index in [-0.39, 0.29) is 0 Å². The van der Waals surface area contributed by atoms with Crippen LogP contribution in [0.25, 0.3) is 0 Å². The molecule has 17 heavy (non-hydrogen) atoms. The Morgan fingerprint density at radius 1 is 1.24 bits per heavy atom. The lowest BCUT2D eigenvalue weighted by atomic mass is 10.7. The first-order valence-electron chi connectivity index (χ1n) is 3.46. The summed E-state index contributed by atoms with van der Waals surface area (Å²) in [6, 6.07) is -2.00. The van der Waals surface area contributed by atoms with Gasteiger partial charge in [-0.15, -0.1) is 4.90 Å². The molecule has 5 amide bonds. The van der Waals surface area contributed by atoms with Crippen molar-refractivity contribution in [3.8, 4) is 0 Å². The summed E-state index contributed by atoms with van der Waals surface area (Å²) in [5.74, 6) is 0. The Morgan fingerprint density at radius 3 is 2.00 bits per heavy atom. The Kier molecular flexibility index (Phi) is 4.58. The summed E-state index contributed by atoms with van der Waals surface area (Å²) in [6.45, 7) is 0. The van der Waals surface area contributed by atoms with Crippen LogP contribution in [0.3, 0.4) is 0 Å². The number of carbonyl (C=O) groups excluding carboxylic acids is 3. The van der Waals surface area contributed by atoms with Crippen LogP contribution in [0.4, 0.5) is 19.2 Å². The van der Waals surface area contributed by atoms with E-state index in [4.69, 9.17) is 14.9 Å². The van der Waals surface area contributed by atoms with Crippen LogP contribution in [0.15, 0.2) is 0 Å². The van der Waals surface area contributed by atoms with Crippen molar-refractivity contribution in [3.63, 3.8) is 0 Å². The van der Waals surface area contributed by atoms with E-state index in [1.807, 2.05) is 0 Å². The maximum absolute atomic E-state index is 10.9. The van der Waals surface area contributed by atoms with Crippen LogP contribution < -0.4 is 10.8 Å². The number of urea groups is 1. The zero-order valence-electron chi connectivity index (χ0n) is 7.76. The lowest BCUT2D eigenvalue weighted by Crippen LogP contribution is -2.47. The molecule has 0 aliphatic carbocycles. The normalized spacial score (nSPS) is 10.2. The second kappa shape index (κ2) is 5.25. The molecule has 0 unspecified atom stereocenters. The number of nitrogens with one attached hydrogen (secondary N) is 1. The topological polar surface area (TPSA) is 197 Å². The monoisotopic (exact) mass is 271 g/mol. The summed E-state index contributed by atoms with van der Waals surface area (Å²) < 4.78 is 13.9. The zero-order valence-corrected chi connectivity index (χ0v) is 8.66. The summed E-state index contributed by atoms with van der Waals surface area (Å²) in [5.41, 5.74) is 4.37. The third-order valence-corrected chi connectivity index (χ3v) is 1.49. The smallest absolute Gasteiger partial charge is 0.436 e. The molecule has 0 saturated carbocycles. The van der Waals surface area contributed by atoms with Crippen LogP contribution >= 0.6 is 7.75 Å². The van der Waals surface area contributed by atoms with E-state index >= 15 is 0 Å². The highest BCUT2D eigenvalue weighted by molar-refractivity contribution is 7.50. The van der Waals surface area contributed by atoms with Crippen molar-refractivity contribution in [2.75, 3.05) is 0 Å². The summed E-state index contributed by atoms with van der Waals surface area (Å²) >= 11 is 0. The Labute approximate surface area is 92.1 Å². The molecule has 0 aromatic heterocycles. The number of rotatable bonds is 1. The van der Waals surface area contributed by atoms with Gasteiger partial charge in [0.15, 0.2) is 0 Å². The van der Waals surface area contributed by atoms with Crippen molar-refractivity contribution in [3.05, 3.63) is 0 Å². The molecule has 0 aromatic carbocycles. The van der Waals surface area contributed by atoms with Crippen molar-refractivity contribution in [1.82, 2.24) is 9.99 Å². The Hall–Kier alpha value is -2.17. The Morgan fingerprint density at radius 2 is 1.71 bits per heavy atom. The highest BCUT2D eigenvalue weighted by Crippen LogP contribution is 2.28. The van der Waals surface area contributed by atoms with Gasteiger partial charge in [0.05, 0.1) is 0 Å². The van der Waals surface area contributed by atoms with E-state index in [0.29, 0.717) is 0 Å². The van der Waals surface area contributed by atoms with Gasteiger partial charge in [0.25, 0.3) is 0 Å². The zero-order chi connectivity index (χ0) is 13.8. The SMILES string of the molecule is NC(=O)OC(=O)N(C(=O)O)C(=O)NP(=O)(O)O. The maximum Gasteiger partial charge on any atom is 0.436 e. The lowest BCUT2D eigenvalue weighted by Gasteiger charge is -2.14. The first-order valence-corrected chi connectivity index (χ1v) is 5.08. The molecule has 0 rings (SSSR count). The second-order valence-corrected chi connectivity index (χ2v) is 3.58. The number of carbonyl (C=O) groups is 4. The summed E-state index contributed by atoms with van der Waals surface area (Å²) in [4.78, 5) is 58.1. The highest BCUT2D eigenvalue weighted by Gasteiger charge is 2.34. The van der Waals surface area contributed by atoms with Gasteiger partial charge < -0.3 is 25.4 Å². The van der Waals surface area contributed by atoms with Gasteiger partial charge in [-0.3, -0.25) is 0 Å². The predicted octanol–water partition coefficient (Wildman–Crippen LogP) is -1.02. The number of hydrogen-bond donors (Lipinski definition) is 5. The van der Waals surface area contributed by atoms with Crippen LogP contribution in [-0.4, -0.2) is 44.1 Å². The van der Waals surface area contributed by atoms with Crippen LogP contribution in [-0.2, 0) is 9.30 Å². The lowest BCUT2D eigenvalue weighted by molar-refractivity contribution is 0.118. The molecule has 0 radical (unpaired) electrons. The summed E-state index contributed by atoms with van der Waals surface area (Å²) in [7, 11) is -5.12. The molecule has 0 bridgehead atoms. The van der Waals surface area contributed by atoms with Gasteiger partial charge in [-0.1, -0.05) is 0 Å². The fraction of sp³-hybridized carbons (Fsp3) is 0. The number of hydrogen-bond acceptors (Lipinski definition) is 6. The minimum absolute atomic E-state index is 0.788. The number of ether oxygens (including phenoxy) is 1. The molecule has 6 N–H and O–H groups in total. The van der Waals surface area contributed by atoms with E-state index in [1.165, 1.54) is 0 Å². The molecule has 0 aliphatic heterocycles. The van der Waals surface area contributed by atoms with Crippen molar-refractivity contribution < 1.29 is 43.4 Å². The quantitative estimate of drug-likeness (QED) is 0.292. The molecule has 0 heterocycles. The van der Waals surface area contributed by atoms with Gasteiger partial charge in [-0.05, 0) is 0 Å². The highest BCUT2D eigenvalue weighted by atomic mass is 31.2. The van der Waals surface area contributed by atoms with E-state index in [1.54, 1.807) is 0 Å².